The molecule has 0 heterocycles. The second-order valence-corrected chi connectivity index (χ2v) is 6.97. The first-order valence-electron chi connectivity index (χ1n) is 7.51. The summed E-state index contributed by atoms with van der Waals surface area (Å²) in [6, 6.07) is 4.89. The van der Waals surface area contributed by atoms with Crippen LogP contribution in [0.3, 0.4) is 0 Å². The summed E-state index contributed by atoms with van der Waals surface area (Å²) in [5.41, 5.74) is 3.90. The van der Waals surface area contributed by atoms with Crippen LogP contribution >= 0.6 is 0 Å². The van der Waals surface area contributed by atoms with E-state index in [0.717, 1.165) is 22.5 Å². The van der Waals surface area contributed by atoms with Crippen LogP contribution in [0.5, 0.6) is 0 Å². The van der Waals surface area contributed by atoms with Gasteiger partial charge in [0.15, 0.2) is 5.78 Å². The zero-order valence-electron chi connectivity index (χ0n) is 13.3. The summed E-state index contributed by atoms with van der Waals surface area (Å²) >= 11 is 0. The molecule has 3 rings (SSSR count). The molecule has 0 amide bonds. The molecule has 0 radical (unpaired) electrons. The van der Waals surface area contributed by atoms with Gasteiger partial charge in [0, 0.05) is 23.4 Å². The van der Waals surface area contributed by atoms with E-state index in [1.54, 1.807) is 18.2 Å². The summed E-state index contributed by atoms with van der Waals surface area (Å²) in [6.45, 7) is 8.22. The molecule has 0 bridgehead atoms. The fourth-order valence-corrected chi connectivity index (χ4v) is 3.80. The molecule has 2 atom stereocenters. The predicted molar refractivity (Wildman–Crippen MR) is 85.5 cm³/mol. The van der Waals surface area contributed by atoms with E-state index in [1.165, 1.54) is 0 Å². The fraction of sp³-hybridized carbons (Fsp3) is 0.471. The monoisotopic (exact) mass is 301 g/mol. The number of aryl methyl sites for hydroxylation is 1. The number of carbonyl (C=O) groups excluding carboxylic acids is 1. The lowest BCUT2D eigenvalue weighted by molar-refractivity contribution is -0.115. The van der Waals surface area contributed by atoms with Gasteiger partial charge in [-0.15, -0.1) is 0 Å². The minimum absolute atomic E-state index is 0.153. The highest BCUT2D eigenvalue weighted by Gasteiger charge is 2.65. The van der Waals surface area contributed by atoms with Gasteiger partial charge in [0.2, 0.25) is 0 Å². The molecule has 1 aromatic rings. The first kappa shape index (κ1) is 15.1. The summed E-state index contributed by atoms with van der Waals surface area (Å²) in [7, 11) is 0. The van der Waals surface area contributed by atoms with Gasteiger partial charge in [-0.25, -0.2) is 0 Å². The molecule has 0 aliphatic heterocycles. The van der Waals surface area contributed by atoms with E-state index in [2.05, 4.69) is 19.2 Å². The average molecular weight is 301 g/mol. The number of nitrogens with zero attached hydrogens (tertiary/aromatic N) is 1. The molecular formula is C17H21N2O3-. The Morgan fingerprint density at radius 1 is 1.45 bits per heavy atom. The van der Waals surface area contributed by atoms with E-state index >= 15 is 0 Å². The van der Waals surface area contributed by atoms with Gasteiger partial charge < -0.3 is 15.8 Å². The molecule has 0 saturated heterocycles. The van der Waals surface area contributed by atoms with Gasteiger partial charge in [0.05, 0.1) is 5.69 Å². The van der Waals surface area contributed by atoms with E-state index in [1.807, 2.05) is 13.8 Å². The number of hydrogen-bond donors (Lipinski definition) is 2. The van der Waals surface area contributed by atoms with Crippen LogP contribution in [-0.2, 0) is 4.79 Å². The molecule has 1 aromatic carbocycles. The van der Waals surface area contributed by atoms with Crippen LogP contribution in [0.1, 0.15) is 32.8 Å². The van der Waals surface area contributed by atoms with Crippen molar-refractivity contribution in [1.29, 1.82) is 0 Å². The number of rotatable bonds is 3. The molecule has 0 spiro atoms. The Morgan fingerprint density at radius 2 is 2.14 bits per heavy atom. The average Bonchev–Trinajstić information content (AvgIpc) is 2.80. The largest absolute Gasteiger partial charge is 0.733 e. The first-order chi connectivity index (χ1) is 10.2. The number of fused-ring (bicyclic) bond motifs is 1. The van der Waals surface area contributed by atoms with Gasteiger partial charge in [-0.05, 0) is 54.9 Å². The Bertz CT molecular complexity index is 676. The van der Waals surface area contributed by atoms with Crippen LogP contribution in [0.2, 0.25) is 0 Å². The third-order valence-electron chi connectivity index (χ3n) is 5.22. The quantitative estimate of drug-likeness (QED) is 0.658. The van der Waals surface area contributed by atoms with Crippen LogP contribution in [-0.4, -0.2) is 11.0 Å². The van der Waals surface area contributed by atoms with Crippen molar-refractivity contribution in [2.45, 2.75) is 34.1 Å². The number of ketones is 1. The number of anilines is 2. The van der Waals surface area contributed by atoms with Crippen molar-refractivity contribution in [2.75, 3.05) is 10.5 Å². The highest BCUT2D eigenvalue weighted by atomic mass is 16.8. The summed E-state index contributed by atoms with van der Waals surface area (Å²) < 4.78 is 0. The summed E-state index contributed by atoms with van der Waals surface area (Å²) in [6.07, 6.45) is 0.652. The van der Waals surface area contributed by atoms with Crippen molar-refractivity contribution in [3.05, 3.63) is 40.2 Å². The third kappa shape index (κ3) is 2.21. The smallest absolute Gasteiger partial charge is 0.161 e. The zero-order chi connectivity index (χ0) is 16.2. The maximum absolute atomic E-state index is 12.2. The second-order valence-electron chi connectivity index (χ2n) is 6.97. The third-order valence-corrected chi connectivity index (χ3v) is 5.22. The van der Waals surface area contributed by atoms with Crippen LogP contribution < -0.4 is 10.5 Å². The molecule has 2 N–H and O–H groups in total. The Morgan fingerprint density at radius 3 is 2.68 bits per heavy atom. The molecule has 118 valence electrons. The van der Waals surface area contributed by atoms with Gasteiger partial charge in [-0.3, -0.25) is 10.0 Å². The number of benzene rings is 1. The van der Waals surface area contributed by atoms with Crippen LogP contribution in [0.25, 0.3) is 0 Å². The Hall–Kier alpha value is -1.85. The van der Waals surface area contributed by atoms with Crippen molar-refractivity contribution in [3.63, 3.8) is 0 Å². The van der Waals surface area contributed by atoms with Gasteiger partial charge in [-0.1, -0.05) is 13.8 Å². The second kappa shape index (κ2) is 4.83. The van der Waals surface area contributed by atoms with Gasteiger partial charge in [0.25, 0.3) is 0 Å². The fourth-order valence-electron chi connectivity index (χ4n) is 3.80. The molecule has 0 unspecified atom stereocenters. The first-order valence-corrected chi connectivity index (χ1v) is 7.51. The minimum Gasteiger partial charge on any atom is -0.733 e. The molecular weight excluding hydrogens is 280 g/mol. The van der Waals surface area contributed by atoms with Crippen molar-refractivity contribution < 1.29 is 10.0 Å². The van der Waals surface area contributed by atoms with Crippen LogP contribution in [0.4, 0.5) is 11.4 Å². The molecule has 5 nitrogen and oxygen atoms in total. The number of carbonyl (C=O) groups is 1. The lowest BCUT2D eigenvalue weighted by Crippen LogP contribution is -2.13. The minimum atomic E-state index is -0.153. The number of Topliss-reactive ketones (excluding diaryl/α,β-unsaturated/α-hetero) is 1. The molecule has 5 heteroatoms. The van der Waals surface area contributed by atoms with E-state index in [0.29, 0.717) is 18.3 Å². The summed E-state index contributed by atoms with van der Waals surface area (Å²) in [5.74, 6) is 1.09. The van der Waals surface area contributed by atoms with E-state index < -0.39 is 0 Å². The molecule has 2 fully saturated rings. The van der Waals surface area contributed by atoms with Crippen LogP contribution in [0, 0.1) is 29.4 Å². The van der Waals surface area contributed by atoms with Crippen molar-refractivity contribution in [3.8, 4) is 0 Å². The van der Waals surface area contributed by atoms with Crippen molar-refractivity contribution in [1.82, 2.24) is 0 Å². The number of hydrogen-bond acceptors (Lipinski definition) is 5. The molecule has 0 aromatic heterocycles. The van der Waals surface area contributed by atoms with Gasteiger partial charge in [0.1, 0.15) is 0 Å². The normalized spacial score (nSPS) is 27.5. The van der Waals surface area contributed by atoms with E-state index in [4.69, 9.17) is 5.21 Å². The molecule has 22 heavy (non-hydrogen) atoms. The Labute approximate surface area is 130 Å². The Balaban J connectivity index is 1.87. The molecule has 2 aliphatic carbocycles. The van der Waals surface area contributed by atoms with Gasteiger partial charge in [-0.2, -0.15) is 0 Å². The van der Waals surface area contributed by atoms with E-state index in [-0.39, 0.29) is 22.1 Å². The highest BCUT2D eigenvalue weighted by molar-refractivity contribution is 6.01. The maximum atomic E-state index is 12.2. The topological polar surface area (TPSA) is 75.6 Å². The summed E-state index contributed by atoms with van der Waals surface area (Å²) in [4.78, 5) is 12.2. The maximum Gasteiger partial charge on any atom is 0.161 e. The number of allylic oxidation sites excluding steroid dienone is 2. The van der Waals surface area contributed by atoms with Gasteiger partial charge >= 0.3 is 0 Å². The number of nitrogens with one attached hydrogen (secondary N) is 1. The van der Waals surface area contributed by atoms with E-state index in [9.17, 15) is 10.0 Å². The van der Waals surface area contributed by atoms with Crippen LogP contribution in [0.15, 0.2) is 29.5 Å². The lowest BCUT2D eigenvalue weighted by atomic mass is 9.95. The Kier molecular flexibility index (Phi) is 3.30. The van der Waals surface area contributed by atoms with Crippen molar-refractivity contribution >= 4 is 17.2 Å². The zero-order valence-corrected chi connectivity index (χ0v) is 13.3. The highest BCUT2D eigenvalue weighted by Crippen LogP contribution is 2.68. The molecule has 2 aliphatic rings. The SMILES string of the molecule is CC(Nc1ccc(N([O-])O)cc1C)=C1C(=O)C[C@@H]2[C@@H]1C2(C)C. The predicted octanol–water partition coefficient (Wildman–Crippen LogP) is 3.62. The lowest BCUT2D eigenvalue weighted by Gasteiger charge is -2.23. The van der Waals surface area contributed by atoms with Crippen molar-refractivity contribution in [2.24, 2.45) is 17.3 Å². The molecule has 2 saturated carbocycles. The standard InChI is InChI=1S/C17H21N2O3/c1-9-7-11(19(21)22)5-6-13(9)18-10(2)15-14(20)8-12-16(15)17(12,3)4/h5-7,12,16,18,21H,8H2,1-4H3/q-1/t12-,16+/m1/s1. The summed E-state index contributed by atoms with van der Waals surface area (Å²) in [5, 5.41) is 23.0.